The maximum Gasteiger partial charge on any atom is 0.132 e. The Balaban J connectivity index is 2.44. The molecule has 0 saturated carbocycles. The number of halogens is 2. The second-order valence-corrected chi connectivity index (χ2v) is 5.90. The molecular weight excluding hydrogens is 321 g/mol. The van der Waals surface area contributed by atoms with Crippen LogP contribution in [0.1, 0.15) is 18.4 Å². The van der Waals surface area contributed by atoms with Gasteiger partial charge in [0.05, 0.1) is 5.69 Å². The SMILES string of the molecule is Cc1cc(-c2cc(Br)ccc2F)nc(CC(C)CN)n1. The van der Waals surface area contributed by atoms with E-state index in [1.807, 2.05) is 13.8 Å². The van der Waals surface area contributed by atoms with Gasteiger partial charge in [-0.3, -0.25) is 0 Å². The van der Waals surface area contributed by atoms with Gasteiger partial charge in [-0.2, -0.15) is 0 Å². The molecule has 3 nitrogen and oxygen atoms in total. The summed E-state index contributed by atoms with van der Waals surface area (Å²) in [5, 5.41) is 0. The van der Waals surface area contributed by atoms with E-state index in [0.29, 0.717) is 36.0 Å². The highest BCUT2D eigenvalue weighted by atomic mass is 79.9. The highest BCUT2D eigenvalue weighted by molar-refractivity contribution is 9.10. The van der Waals surface area contributed by atoms with Gasteiger partial charge in [-0.05, 0) is 43.7 Å². The van der Waals surface area contributed by atoms with E-state index in [0.717, 1.165) is 10.2 Å². The molecule has 1 aromatic carbocycles. The molecule has 2 aromatic rings. The lowest BCUT2D eigenvalue weighted by atomic mass is 10.1. The molecule has 1 aromatic heterocycles. The Morgan fingerprint density at radius 1 is 1.30 bits per heavy atom. The van der Waals surface area contributed by atoms with Crippen LogP contribution in [0.5, 0.6) is 0 Å². The molecule has 20 heavy (non-hydrogen) atoms. The summed E-state index contributed by atoms with van der Waals surface area (Å²) < 4.78 is 14.8. The Hall–Kier alpha value is -1.33. The van der Waals surface area contributed by atoms with Gasteiger partial charge in [0.1, 0.15) is 11.6 Å². The van der Waals surface area contributed by atoms with E-state index in [1.54, 1.807) is 18.2 Å². The smallest absolute Gasteiger partial charge is 0.132 e. The fourth-order valence-corrected chi connectivity index (χ4v) is 2.31. The topological polar surface area (TPSA) is 51.8 Å². The van der Waals surface area contributed by atoms with Gasteiger partial charge in [0.25, 0.3) is 0 Å². The largest absolute Gasteiger partial charge is 0.330 e. The number of nitrogens with two attached hydrogens (primary N) is 1. The molecule has 2 rings (SSSR count). The van der Waals surface area contributed by atoms with Crippen molar-refractivity contribution in [2.24, 2.45) is 11.7 Å². The van der Waals surface area contributed by atoms with E-state index in [-0.39, 0.29) is 5.82 Å². The van der Waals surface area contributed by atoms with Crippen molar-refractivity contribution in [2.75, 3.05) is 6.54 Å². The van der Waals surface area contributed by atoms with Crippen molar-refractivity contribution in [2.45, 2.75) is 20.3 Å². The normalized spacial score (nSPS) is 12.4. The fraction of sp³-hybridized carbons (Fsp3) is 0.333. The molecule has 1 heterocycles. The van der Waals surface area contributed by atoms with Crippen molar-refractivity contribution in [1.82, 2.24) is 9.97 Å². The van der Waals surface area contributed by atoms with Crippen LogP contribution in [-0.2, 0) is 6.42 Å². The predicted octanol–water partition coefficient (Wildman–Crippen LogP) is 3.49. The summed E-state index contributed by atoms with van der Waals surface area (Å²) in [6, 6.07) is 6.62. The summed E-state index contributed by atoms with van der Waals surface area (Å²) in [5.74, 6) is 0.721. The maximum absolute atomic E-state index is 13.9. The highest BCUT2D eigenvalue weighted by Crippen LogP contribution is 2.25. The first-order chi connectivity index (χ1) is 9.49. The van der Waals surface area contributed by atoms with Gasteiger partial charge in [-0.25, -0.2) is 14.4 Å². The van der Waals surface area contributed by atoms with E-state index in [1.165, 1.54) is 6.07 Å². The molecule has 106 valence electrons. The van der Waals surface area contributed by atoms with Crippen molar-refractivity contribution in [1.29, 1.82) is 0 Å². The van der Waals surface area contributed by atoms with Gasteiger partial charge in [-0.15, -0.1) is 0 Å². The van der Waals surface area contributed by atoms with E-state index in [9.17, 15) is 4.39 Å². The minimum atomic E-state index is -0.288. The molecule has 0 fully saturated rings. The average Bonchev–Trinajstić information content (AvgIpc) is 2.40. The Labute approximate surface area is 126 Å². The lowest BCUT2D eigenvalue weighted by Crippen LogP contribution is -2.15. The third kappa shape index (κ3) is 3.61. The number of rotatable bonds is 4. The number of benzene rings is 1. The van der Waals surface area contributed by atoms with Crippen molar-refractivity contribution >= 4 is 15.9 Å². The zero-order chi connectivity index (χ0) is 14.7. The first-order valence-electron chi connectivity index (χ1n) is 6.49. The molecule has 0 spiro atoms. The number of hydrogen-bond acceptors (Lipinski definition) is 3. The average molecular weight is 338 g/mol. The number of nitrogens with zero attached hydrogens (tertiary/aromatic N) is 2. The molecule has 0 radical (unpaired) electrons. The van der Waals surface area contributed by atoms with Crippen LogP contribution in [0.4, 0.5) is 4.39 Å². The Bertz CT molecular complexity index is 616. The molecule has 0 bridgehead atoms. The molecule has 0 aliphatic carbocycles. The Kier molecular flexibility index (Phi) is 4.83. The van der Waals surface area contributed by atoms with Crippen LogP contribution in [0.25, 0.3) is 11.3 Å². The van der Waals surface area contributed by atoms with Gasteiger partial charge in [0.15, 0.2) is 0 Å². The van der Waals surface area contributed by atoms with Crippen LogP contribution in [0.2, 0.25) is 0 Å². The number of aromatic nitrogens is 2. The van der Waals surface area contributed by atoms with Gasteiger partial charge >= 0.3 is 0 Å². The monoisotopic (exact) mass is 337 g/mol. The van der Waals surface area contributed by atoms with Gasteiger partial charge in [0.2, 0.25) is 0 Å². The first-order valence-corrected chi connectivity index (χ1v) is 7.29. The molecule has 5 heteroatoms. The standard InChI is InChI=1S/C15H17BrFN3/c1-9(8-18)5-15-19-10(2)6-14(20-15)12-7-11(16)3-4-13(12)17/h3-4,6-7,9H,5,8,18H2,1-2H3. The van der Waals surface area contributed by atoms with E-state index < -0.39 is 0 Å². The summed E-state index contributed by atoms with van der Waals surface area (Å²) in [7, 11) is 0. The molecule has 2 N–H and O–H groups in total. The molecule has 0 aliphatic rings. The van der Waals surface area contributed by atoms with Crippen LogP contribution < -0.4 is 5.73 Å². The van der Waals surface area contributed by atoms with Crippen LogP contribution in [0.15, 0.2) is 28.7 Å². The van der Waals surface area contributed by atoms with Crippen LogP contribution in [-0.4, -0.2) is 16.5 Å². The summed E-state index contributed by atoms with van der Waals surface area (Å²) in [4.78, 5) is 8.86. The second-order valence-electron chi connectivity index (χ2n) is 4.98. The Morgan fingerprint density at radius 2 is 2.05 bits per heavy atom. The molecule has 1 atom stereocenters. The maximum atomic E-state index is 13.9. The second kappa shape index (κ2) is 6.41. The summed E-state index contributed by atoms with van der Waals surface area (Å²) in [6.45, 7) is 4.51. The fourth-order valence-electron chi connectivity index (χ4n) is 1.95. The van der Waals surface area contributed by atoms with Gasteiger partial charge < -0.3 is 5.73 Å². The zero-order valence-electron chi connectivity index (χ0n) is 11.5. The lowest BCUT2D eigenvalue weighted by molar-refractivity contribution is 0.572. The summed E-state index contributed by atoms with van der Waals surface area (Å²) >= 11 is 3.36. The number of aryl methyl sites for hydroxylation is 1. The van der Waals surface area contributed by atoms with Crippen LogP contribution in [0.3, 0.4) is 0 Å². The summed E-state index contributed by atoms with van der Waals surface area (Å²) in [6.07, 6.45) is 0.695. The van der Waals surface area contributed by atoms with Crippen LogP contribution in [0, 0.1) is 18.7 Å². The van der Waals surface area contributed by atoms with Crippen molar-refractivity contribution in [3.63, 3.8) is 0 Å². The third-order valence-electron chi connectivity index (χ3n) is 3.04. The van der Waals surface area contributed by atoms with Gasteiger partial charge in [-0.1, -0.05) is 22.9 Å². The van der Waals surface area contributed by atoms with Crippen molar-refractivity contribution in [3.05, 3.63) is 46.1 Å². The quantitative estimate of drug-likeness (QED) is 0.928. The summed E-state index contributed by atoms with van der Waals surface area (Å²) in [5.41, 5.74) is 7.54. The van der Waals surface area contributed by atoms with Crippen molar-refractivity contribution < 1.29 is 4.39 Å². The molecular formula is C15H17BrFN3. The molecule has 0 saturated heterocycles. The lowest BCUT2D eigenvalue weighted by Gasteiger charge is -2.10. The van der Waals surface area contributed by atoms with E-state index in [4.69, 9.17) is 5.73 Å². The van der Waals surface area contributed by atoms with Crippen molar-refractivity contribution in [3.8, 4) is 11.3 Å². The minimum absolute atomic E-state index is 0.288. The minimum Gasteiger partial charge on any atom is -0.330 e. The predicted molar refractivity (Wildman–Crippen MR) is 81.8 cm³/mol. The van der Waals surface area contributed by atoms with E-state index >= 15 is 0 Å². The third-order valence-corrected chi connectivity index (χ3v) is 3.53. The van der Waals surface area contributed by atoms with Gasteiger partial charge in [0, 0.05) is 22.2 Å². The molecule has 0 amide bonds. The van der Waals surface area contributed by atoms with E-state index in [2.05, 4.69) is 25.9 Å². The first kappa shape index (κ1) is 15.1. The van der Waals surface area contributed by atoms with Crippen LogP contribution >= 0.6 is 15.9 Å². The highest BCUT2D eigenvalue weighted by Gasteiger charge is 2.11. The Morgan fingerprint density at radius 3 is 2.75 bits per heavy atom. The molecule has 0 aliphatic heterocycles. The molecule has 1 unspecified atom stereocenters. The zero-order valence-corrected chi connectivity index (χ0v) is 13.1. The number of hydrogen-bond donors (Lipinski definition) is 1.